The van der Waals surface area contributed by atoms with Crippen molar-refractivity contribution in [1.82, 2.24) is 25.4 Å². The van der Waals surface area contributed by atoms with Gasteiger partial charge in [-0.25, -0.2) is 0 Å². The van der Waals surface area contributed by atoms with Crippen molar-refractivity contribution >= 4 is 35.2 Å². The Hall–Kier alpha value is -2.84. The van der Waals surface area contributed by atoms with Crippen LogP contribution in [0.25, 0.3) is 0 Å². The molecule has 1 aromatic heterocycles. The van der Waals surface area contributed by atoms with Crippen LogP contribution in [0.15, 0.2) is 59.8 Å². The first-order valence-corrected chi connectivity index (χ1v) is 12.7. The maximum absolute atomic E-state index is 12.9. The molecule has 2 N–H and O–H groups in total. The molecule has 3 aromatic rings. The van der Waals surface area contributed by atoms with Gasteiger partial charge in [-0.15, -0.1) is 10.2 Å². The van der Waals surface area contributed by atoms with Crippen LogP contribution < -0.4 is 10.6 Å². The predicted molar refractivity (Wildman–Crippen MR) is 136 cm³/mol. The fourth-order valence-electron chi connectivity index (χ4n) is 3.52. The molecule has 0 saturated carbocycles. The van der Waals surface area contributed by atoms with Crippen molar-refractivity contribution < 1.29 is 9.59 Å². The second-order valence-electron chi connectivity index (χ2n) is 8.27. The van der Waals surface area contributed by atoms with Gasteiger partial charge in [0.2, 0.25) is 5.91 Å². The maximum atomic E-state index is 12.9. The van der Waals surface area contributed by atoms with Crippen molar-refractivity contribution in [2.45, 2.75) is 51.5 Å². The van der Waals surface area contributed by atoms with Gasteiger partial charge >= 0.3 is 0 Å². The smallest absolute Gasteiger partial charge is 0.253 e. The van der Waals surface area contributed by atoms with E-state index in [0.717, 1.165) is 5.56 Å². The molecular formula is C25H30ClN5O2S. The zero-order chi connectivity index (χ0) is 24.5. The average molecular weight is 500 g/mol. The molecule has 34 heavy (non-hydrogen) atoms. The summed E-state index contributed by atoms with van der Waals surface area (Å²) < 4.78 is 1.95. The third-order valence-electron chi connectivity index (χ3n) is 5.17. The molecule has 7 nitrogen and oxygen atoms in total. The second kappa shape index (κ2) is 12.6. The van der Waals surface area contributed by atoms with Gasteiger partial charge in [-0.05, 0) is 37.0 Å². The highest BCUT2D eigenvalue weighted by Crippen LogP contribution is 2.26. The molecule has 9 heteroatoms. The Kier molecular flexibility index (Phi) is 9.53. The molecule has 0 aliphatic rings. The van der Waals surface area contributed by atoms with Crippen LogP contribution in [0, 0.1) is 5.92 Å². The van der Waals surface area contributed by atoms with Gasteiger partial charge in [-0.1, -0.05) is 79.7 Å². The number of carbonyl (C=O) groups excluding carboxylic acids is 2. The summed E-state index contributed by atoms with van der Waals surface area (Å²) in [5, 5.41) is 15.8. The third kappa shape index (κ3) is 7.08. The van der Waals surface area contributed by atoms with E-state index >= 15 is 0 Å². The summed E-state index contributed by atoms with van der Waals surface area (Å²) in [6.07, 6.45) is 0.691. The van der Waals surface area contributed by atoms with Gasteiger partial charge in [0, 0.05) is 13.1 Å². The predicted octanol–water partition coefficient (Wildman–Crippen LogP) is 4.88. The lowest BCUT2D eigenvalue weighted by Gasteiger charge is -2.21. The molecule has 0 fully saturated rings. The van der Waals surface area contributed by atoms with Crippen LogP contribution in [0.4, 0.5) is 0 Å². The molecule has 3 rings (SSSR count). The van der Waals surface area contributed by atoms with Crippen molar-refractivity contribution in [2.24, 2.45) is 5.92 Å². The topological polar surface area (TPSA) is 88.9 Å². The normalized spacial score (nSPS) is 11.9. The molecule has 2 aromatic carbocycles. The second-order valence-corrected chi connectivity index (χ2v) is 9.62. The fraction of sp³-hybridized carbons (Fsp3) is 0.360. The number of thioether (sulfide) groups is 1. The van der Waals surface area contributed by atoms with Crippen LogP contribution in [0.2, 0.25) is 5.02 Å². The van der Waals surface area contributed by atoms with Gasteiger partial charge in [0.05, 0.1) is 22.4 Å². The fourth-order valence-corrected chi connectivity index (χ4v) is 4.58. The van der Waals surface area contributed by atoms with E-state index in [1.165, 1.54) is 11.8 Å². The van der Waals surface area contributed by atoms with E-state index in [4.69, 9.17) is 11.6 Å². The Bertz CT molecular complexity index is 1100. The standard InChI is InChI=1S/C25H30ClN5O2S/c1-4-31-23(21(14-17(2)3)28-24(33)19-12-8-9-13-20(19)26)29-30-25(31)34-16-22(32)27-15-18-10-6-5-7-11-18/h5-13,17,21H,4,14-16H2,1-3H3,(H,27,32)(H,28,33). The lowest BCUT2D eigenvalue weighted by Crippen LogP contribution is -2.32. The molecule has 0 radical (unpaired) electrons. The number of nitrogens with one attached hydrogen (secondary N) is 2. The van der Waals surface area contributed by atoms with E-state index in [1.54, 1.807) is 24.3 Å². The molecule has 0 saturated heterocycles. The van der Waals surface area contributed by atoms with E-state index in [2.05, 4.69) is 34.7 Å². The van der Waals surface area contributed by atoms with Gasteiger partial charge in [0.25, 0.3) is 5.91 Å². The van der Waals surface area contributed by atoms with Gasteiger partial charge in [0.1, 0.15) is 0 Å². The molecule has 180 valence electrons. The van der Waals surface area contributed by atoms with Crippen molar-refractivity contribution in [1.29, 1.82) is 0 Å². The first kappa shape index (κ1) is 25.8. The molecule has 2 amide bonds. The van der Waals surface area contributed by atoms with E-state index in [1.807, 2.05) is 41.8 Å². The number of benzene rings is 2. The molecule has 0 bridgehead atoms. The van der Waals surface area contributed by atoms with E-state index < -0.39 is 0 Å². The molecule has 0 spiro atoms. The van der Waals surface area contributed by atoms with E-state index in [0.29, 0.717) is 47.0 Å². The van der Waals surface area contributed by atoms with Crippen molar-refractivity contribution in [3.8, 4) is 0 Å². The lowest BCUT2D eigenvalue weighted by atomic mass is 10.0. The Labute approximate surface area is 209 Å². The monoisotopic (exact) mass is 499 g/mol. The first-order chi connectivity index (χ1) is 16.4. The van der Waals surface area contributed by atoms with Gasteiger partial charge in [0.15, 0.2) is 11.0 Å². The SMILES string of the molecule is CCn1c(SCC(=O)NCc2ccccc2)nnc1C(CC(C)C)NC(=O)c1ccccc1Cl. The molecule has 0 aliphatic carbocycles. The van der Waals surface area contributed by atoms with Gasteiger partial charge in [-0.2, -0.15) is 0 Å². The van der Waals surface area contributed by atoms with Gasteiger partial charge in [-0.3, -0.25) is 9.59 Å². The van der Waals surface area contributed by atoms with E-state index in [9.17, 15) is 9.59 Å². The number of halogens is 1. The van der Waals surface area contributed by atoms with Crippen LogP contribution in [-0.2, 0) is 17.9 Å². The molecule has 1 unspecified atom stereocenters. The number of carbonyl (C=O) groups is 2. The largest absolute Gasteiger partial charge is 0.351 e. The van der Waals surface area contributed by atoms with Crippen LogP contribution in [0.5, 0.6) is 0 Å². The average Bonchev–Trinajstić information content (AvgIpc) is 3.24. The van der Waals surface area contributed by atoms with Crippen molar-refractivity contribution in [3.05, 3.63) is 76.6 Å². The number of hydrogen-bond donors (Lipinski definition) is 2. The number of hydrogen-bond acceptors (Lipinski definition) is 5. The van der Waals surface area contributed by atoms with Crippen LogP contribution >= 0.6 is 23.4 Å². The summed E-state index contributed by atoms with van der Waals surface area (Å²) in [6.45, 7) is 7.28. The number of amides is 2. The lowest BCUT2D eigenvalue weighted by molar-refractivity contribution is -0.118. The highest BCUT2D eigenvalue weighted by molar-refractivity contribution is 7.99. The molecular weight excluding hydrogens is 470 g/mol. The minimum Gasteiger partial charge on any atom is -0.351 e. The Morgan fingerprint density at radius 3 is 2.44 bits per heavy atom. The molecule has 1 heterocycles. The van der Waals surface area contributed by atoms with Crippen LogP contribution in [0.3, 0.4) is 0 Å². The first-order valence-electron chi connectivity index (χ1n) is 11.3. The van der Waals surface area contributed by atoms with Crippen LogP contribution in [-0.4, -0.2) is 32.3 Å². The minimum absolute atomic E-state index is 0.0770. The van der Waals surface area contributed by atoms with Gasteiger partial charge < -0.3 is 15.2 Å². The summed E-state index contributed by atoms with van der Waals surface area (Å²) in [4.78, 5) is 25.3. The Balaban J connectivity index is 1.69. The Morgan fingerprint density at radius 2 is 1.76 bits per heavy atom. The zero-order valence-corrected chi connectivity index (χ0v) is 21.2. The van der Waals surface area contributed by atoms with Crippen LogP contribution in [0.1, 0.15) is 55.0 Å². The summed E-state index contributed by atoms with van der Waals surface area (Å²) in [6, 6.07) is 16.4. The number of rotatable bonds is 11. The number of nitrogens with zero attached hydrogens (tertiary/aromatic N) is 3. The van der Waals surface area contributed by atoms with Crippen molar-refractivity contribution in [2.75, 3.05) is 5.75 Å². The summed E-state index contributed by atoms with van der Waals surface area (Å²) >= 11 is 7.55. The Morgan fingerprint density at radius 1 is 1.06 bits per heavy atom. The zero-order valence-electron chi connectivity index (χ0n) is 19.6. The quantitative estimate of drug-likeness (QED) is 0.367. The minimum atomic E-state index is -0.336. The highest BCUT2D eigenvalue weighted by Gasteiger charge is 2.25. The summed E-state index contributed by atoms with van der Waals surface area (Å²) in [5.41, 5.74) is 1.47. The van der Waals surface area contributed by atoms with Crippen molar-refractivity contribution in [3.63, 3.8) is 0 Å². The summed E-state index contributed by atoms with van der Waals surface area (Å²) in [7, 11) is 0. The molecule has 1 atom stereocenters. The third-order valence-corrected chi connectivity index (χ3v) is 6.47. The van der Waals surface area contributed by atoms with E-state index in [-0.39, 0.29) is 23.6 Å². The number of aromatic nitrogens is 3. The molecule has 0 aliphatic heterocycles. The summed E-state index contributed by atoms with van der Waals surface area (Å²) in [5.74, 6) is 0.886. The highest BCUT2D eigenvalue weighted by atomic mass is 35.5. The maximum Gasteiger partial charge on any atom is 0.253 e.